The highest BCUT2D eigenvalue weighted by atomic mass is 19.4. The van der Waals surface area contributed by atoms with Crippen LogP contribution in [-0.4, -0.2) is 79.8 Å². The summed E-state index contributed by atoms with van der Waals surface area (Å²) in [6.45, 7) is -1.41. The van der Waals surface area contributed by atoms with E-state index < -0.39 is 44.1 Å². The fourth-order valence-corrected chi connectivity index (χ4v) is 4.22. The van der Waals surface area contributed by atoms with Crippen molar-refractivity contribution in [1.82, 2.24) is 34.5 Å². The number of likely N-dealkylation sites (tertiary alicyclic amines) is 1. The van der Waals surface area contributed by atoms with Crippen molar-refractivity contribution in [2.75, 3.05) is 32.5 Å². The first-order valence-corrected chi connectivity index (χ1v) is 10.5. The molecule has 5 rings (SSSR count). The minimum atomic E-state index is -4.53. The van der Waals surface area contributed by atoms with Gasteiger partial charge in [0.2, 0.25) is 11.8 Å². The summed E-state index contributed by atoms with van der Waals surface area (Å²) < 4.78 is 97.8. The molecule has 4 aromatic rings. The maximum atomic E-state index is 14.6. The highest BCUT2D eigenvalue weighted by Gasteiger charge is 2.44. The van der Waals surface area contributed by atoms with Gasteiger partial charge in [-0.2, -0.15) is 18.2 Å². The van der Waals surface area contributed by atoms with Crippen LogP contribution in [0, 0.1) is 0 Å². The van der Waals surface area contributed by atoms with Gasteiger partial charge in [0.15, 0.2) is 0 Å². The van der Waals surface area contributed by atoms with Gasteiger partial charge in [-0.05, 0) is 37.2 Å². The zero-order valence-electron chi connectivity index (χ0n) is 21.2. The summed E-state index contributed by atoms with van der Waals surface area (Å²) in [6.07, 6.45) is -2.99. The van der Waals surface area contributed by atoms with E-state index in [9.17, 15) is 22.0 Å². The summed E-state index contributed by atoms with van der Waals surface area (Å²) in [4.78, 5) is 5.59. The van der Waals surface area contributed by atoms with Gasteiger partial charge in [-0.3, -0.25) is 0 Å². The lowest BCUT2D eigenvalue weighted by atomic mass is 10.0. The van der Waals surface area contributed by atoms with E-state index in [0.717, 1.165) is 0 Å². The Morgan fingerprint density at radius 2 is 2.11 bits per heavy atom. The number of methoxy groups -OCH3 is 1. The molecule has 0 amide bonds. The number of fused-ring (bicyclic) bond motifs is 2. The van der Waals surface area contributed by atoms with Crippen LogP contribution in [0.1, 0.15) is 10.5 Å². The fraction of sp³-hybridized carbons (Fsp3) is 0.429. The molecule has 0 radical (unpaired) electrons. The van der Waals surface area contributed by atoms with Crippen molar-refractivity contribution in [3.8, 4) is 17.0 Å². The standard InChI is InChI=1S/C21H21F5N8O/c1-32-7-6-16(20(22,23)10-32)27-19-28-18(35-2)17-13(5-8-33(17)30-19)12-3-4-14-15(9-12)34(31-29-14)11-21(24,25)26/h3-5,8-9,16H,6-7,10-11H2,1-2H3,(H,27,30)/t16-/m1/s1/i2D3. The predicted octanol–water partition coefficient (Wildman–Crippen LogP) is 3.46. The Morgan fingerprint density at radius 3 is 2.86 bits per heavy atom. The zero-order chi connectivity index (χ0) is 27.5. The van der Waals surface area contributed by atoms with E-state index in [1.807, 2.05) is 0 Å². The van der Waals surface area contributed by atoms with Crippen LogP contribution in [0.3, 0.4) is 0 Å². The number of ether oxygens (including phenoxy) is 1. The molecule has 0 unspecified atom stereocenters. The molecule has 3 aromatic heterocycles. The number of nitrogens with one attached hydrogen (secondary N) is 1. The first-order chi connectivity index (χ1) is 17.7. The Labute approximate surface area is 199 Å². The first-order valence-electron chi connectivity index (χ1n) is 12.0. The van der Waals surface area contributed by atoms with Gasteiger partial charge in [0.25, 0.3) is 5.92 Å². The second kappa shape index (κ2) is 8.29. The molecule has 186 valence electrons. The van der Waals surface area contributed by atoms with Crippen molar-refractivity contribution in [3.05, 3.63) is 30.5 Å². The van der Waals surface area contributed by atoms with Crippen molar-refractivity contribution in [3.63, 3.8) is 0 Å². The number of nitrogens with zero attached hydrogens (tertiary/aromatic N) is 7. The molecule has 1 N–H and O–H groups in total. The summed E-state index contributed by atoms with van der Waals surface area (Å²) in [5.74, 6) is -3.78. The third kappa shape index (κ3) is 4.45. The molecule has 0 spiro atoms. The average molecular weight is 499 g/mol. The van der Waals surface area contributed by atoms with Crippen molar-refractivity contribution >= 4 is 22.5 Å². The topological polar surface area (TPSA) is 85.4 Å². The molecule has 1 aliphatic heterocycles. The third-order valence-electron chi connectivity index (χ3n) is 5.82. The number of aromatic nitrogens is 6. The number of alkyl halides is 5. The number of halogens is 5. The van der Waals surface area contributed by atoms with Gasteiger partial charge in [-0.25, -0.2) is 18.0 Å². The van der Waals surface area contributed by atoms with Gasteiger partial charge in [-0.15, -0.1) is 10.2 Å². The van der Waals surface area contributed by atoms with Crippen LogP contribution < -0.4 is 10.1 Å². The predicted molar refractivity (Wildman–Crippen MR) is 117 cm³/mol. The molecule has 0 saturated carbocycles. The average Bonchev–Trinajstić information content (AvgIpc) is 3.37. The lowest BCUT2D eigenvalue weighted by molar-refractivity contribution is -0.142. The van der Waals surface area contributed by atoms with Gasteiger partial charge < -0.3 is 15.0 Å². The Balaban J connectivity index is 1.58. The molecular formula is C21H21F5N8O. The Morgan fingerprint density at radius 1 is 1.29 bits per heavy atom. The summed E-state index contributed by atoms with van der Waals surface area (Å²) in [6, 6.07) is 4.69. The van der Waals surface area contributed by atoms with Crippen molar-refractivity contribution in [2.24, 2.45) is 0 Å². The van der Waals surface area contributed by atoms with Crippen LogP contribution in [-0.2, 0) is 6.54 Å². The summed E-state index contributed by atoms with van der Waals surface area (Å²) in [5, 5.41) is 14.1. The molecule has 1 saturated heterocycles. The van der Waals surface area contributed by atoms with Crippen LogP contribution in [0.2, 0.25) is 0 Å². The van der Waals surface area contributed by atoms with E-state index in [4.69, 9.17) is 8.85 Å². The van der Waals surface area contributed by atoms with Crippen molar-refractivity contribution in [2.45, 2.75) is 31.1 Å². The molecular weight excluding hydrogens is 475 g/mol. The van der Waals surface area contributed by atoms with Gasteiger partial charge in [0.1, 0.15) is 17.6 Å². The van der Waals surface area contributed by atoms with Gasteiger partial charge in [0, 0.05) is 18.3 Å². The molecule has 14 heteroatoms. The molecule has 1 aliphatic rings. The third-order valence-corrected chi connectivity index (χ3v) is 5.82. The molecule has 4 heterocycles. The Kier molecular flexibility index (Phi) is 4.67. The summed E-state index contributed by atoms with van der Waals surface area (Å²) in [7, 11) is -1.36. The lowest BCUT2D eigenvalue weighted by Gasteiger charge is -2.36. The number of piperidine rings is 1. The van der Waals surface area contributed by atoms with E-state index in [2.05, 4.69) is 25.7 Å². The smallest absolute Gasteiger partial charge is 0.408 e. The SMILES string of the molecule is [2H]C([2H])([2H])Oc1nc(N[C@@H]2CCN(C)CC2(F)F)nn2ccc(-c3ccc4nnn(CC(F)(F)F)c4c3)c12. The maximum absolute atomic E-state index is 14.6. The normalized spacial score (nSPS) is 20.5. The molecule has 1 atom stereocenters. The highest BCUT2D eigenvalue weighted by Crippen LogP contribution is 2.34. The number of anilines is 1. The fourth-order valence-electron chi connectivity index (χ4n) is 4.22. The second-order valence-electron chi connectivity index (χ2n) is 8.42. The molecule has 35 heavy (non-hydrogen) atoms. The van der Waals surface area contributed by atoms with Crippen LogP contribution in [0.25, 0.3) is 27.7 Å². The van der Waals surface area contributed by atoms with E-state index in [0.29, 0.717) is 22.4 Å². The molecule has 0 aliphatic carbocycles. The van der Waals surface area contributed by atoms with Crippen molar-refractivity contribution < 1.29 is 30.8 Å². The van der Waals surface area contributed by atoms with Crippen LogP contribution in [0.4, 0.5) is 27.9 Å². The number of hydrogen-bond acceptors (Lipinski definition) is 7. The Bertz CT molecular complexity index is 1490. The molecule has 1 aromatic carbocycles. The maximum Gasteiger partial charge on any atom is 0.408 e. The van der Waals surface area contributed by atoms with Gasteiger partial charge in [0.05, 0.1) is 29.3 Å². The highest BCUT2D eigenvalue weighted by molar-refractivity contribution is 5.89. The lowest BCUT2D eigenvalue weighted by Crippen LogP contribution is -2.53. The molecule has 9 nitrogen and oxygen atoms in total. The van der Waals surface area contributed by atoms with Gasteiger partial charge in [-0.1, -0.05) is 11.3 Å². The van der Waals surface area contributed by atoms with E-state index in [1.165, 1.54) is 33.8 Å². The quantitative estimate of drug-likeness (QED) is 0.421. The van der Waals surface area contributed by atoms with Gasteiger partial charge >= 0.3 is 6.18 Å². The Hall–Kier alpha value is -3.55. The number of hydrogen-bond donors (Lipinski definition) is 1. The van der Waals surface area contributed by atoms with Crippen LogP contribution in [0.15, 0.2) is 30.5 Å². The second-order valence-corrected chi connectivity index (χ2v) is 8.42. The monoisotopic (exact) mass is 499 g/mol. The van der Waals surface area contributed by atoms with E-state index >= 15 is 0 Å². The number of benzene rings is 1. The largest absolute Gasteiger partial charge is 0.479 e. The van der Waals surface area contributed by atoms with E-state index in [1.54, 1.807) is 13.1 Å². The number of rotatable bonds is 5. The first kappa shape index (κ1) is 19.7. The van der Waals surface area contributed by atoms with Crippen molar-refractivity contribution in [1.29, 1.82) is 0 Å². The molecule has 1 fully saturated rings. The summed E-state index contributed by atoms with van der Waals surface area (Å²) >= 11 is 0. The minimum Gasteiger partial charge on any atom is -0.479 e. The van der Waals surface area contributed by atoms with Crippen LogP contribution in [0.5, 0.6) is 5.88 Å². The minimum absolute atomic E-state index is 0.0796. The zero-order valence-corrected chi connectivity index (χ0v) is 18.2. The van der Waals surface area contributed by atoms with E-state index in [-0.39, 0.29) is 28.9 Å². The molecule has 0 bridgehead atoms. The summed E-state index contributed by atoms with van der Waals surface area (Å²) in [5.41, 5.74) is 1.12. The van der Waals surface area contributed by atoms with Crippen LogP contribution >= 0.6 is 0 Å².